The van der Waals surface area contributed by atoms with Gasteiger partial charge in [-0.25, -0.2) is 0 Å². The van der Waals surface area contributed by atoms with Gasteiger partial charge in [-0.3, -0.25) is 9.59 Å². The lowest BCUT2D eigenvalue weighted by Gasteiger charge is -2.41. The number of esters is 1. The molecule has 0 saturated carbocycles. The van der Waals surface area contributed by atoms with Crippen LogP contribution < -0.4 is 5.32 Å². The third-order valence-electron chi connectivity index (χ3n) is 14.5. The van der Waals surface area contributed by atoms with Gasteiger partial charge in [0.05, 0.1) is 25.4 Å². The standard InChI is InChI=1S/C67H117NO10/c1-4-7-10-13-16-19-22-25-26-27-28-29-30-31-32-33-34-35-36-37-40-43-46-49-52-55-62(72)78-65-64(74)63(73)61(56-69)77-67(65)76-57-58(59(70)53-50-47-44-41-38-23-20-17-14-11-8-5-2)68-66(75)60(71)54-51-48-45-42-39-24-21-18-15-12-9-6-3/h16,19,25-26,28-29,31-32,39,42,48,50-51,53,58-61,63-65,67,69-71,73-74H,4-15,17-18,20-24,27,30,33-38,40-41,43-47,49,52,54-57H2,1-3H3,(H,68,75)/b19-16-,26-25-,29-28-,32-31-,42-39-,51-48+,53-50+. The Labute approximate surface area is 476 Å². The first-order valence-electron chi connectivity index (χ1n) is 31.9. The summed E-state index contributed by atoms with van der Waals surface area (Å²) in [4.78, 5) is 26.5. The summed E-state index contributed by atoms with van der Waals surface area (Å²) in [5, 5.41) is 56.8. The fraction of sp³-hybridized carbons (Fsp3) is 0.761. The Morgan fingerprint density at radius 2 is 0.885 bits per heavy atom. The maximum absolute atomic E-state index is 13.3. The first kappa shape index (κ1) is 72.9. The molecule has 78 heavy (non-hydrogen) atoms. The maximum Gasteiger partial charge on any atom is 0.306 e. The van der Waals surface area contributed by atoms with Crippen molar-refractivity contribution in [1.29, 1.82) is 0 Å². The molecule has 0 aliphatic carbocycles. The molecule has 1 heterocycles. The number of allylic oxidation sites excluding steroid dienone is 12. The van der Waals surface area contributed by atoms with Crippen LogP contribution in [-0.2, 0) is 23.8 Å². The minimum atomic E-state index is -1.63. The fourth-order valence-electron chi connectivity index (χ4n) is 9.44. The Kier molecular flexibility index (Phi) is 50.8. The van der Waals surface area contributed by atoms with E-state index in [1.54, 1.807) is 12.2 Å². The molecular weight excluding hydrogens is 979 g/mol. The molecule has 0 spiro atoms. The molecule has 8 unspecified atom stereocenters. The summed E-state index contributed by atoms with van der Waals surface area (Å²) in [6.07, 6.45) is 60.7. The summed E-state index contributed by atoms with van der Waals surface area (Å²) < 4.78 is 17.6. The number of amides is 1. The molecule has 0 aromatic rings. The summed E-state index contributed by atoms with van der Waals surface area (Å²) in [5.41, 5.74) is 0. The highest BCUT2D eigenvalue weighted by Gasteiger charge is 2.47. The lowest BCUT2D eigenvalue weighted by molar-refractivity contribution is -0.305. The minimum Gasteiger partial charge on any atom is -0.454 e. The molecule has 11 heteroatoms. The van der Waals surface area contributed by atoms with Gasteiger partial charge in [-0.05, 0) is 83.5 Å². The van der Waals surface area contributed by atoms with Crippen LogP contribution in [-0.4, -0.2) is 99.6 Å². The molecular formula is C67H117NO10. The second kappa shape index (κ2) is 54.4. The zero-order chi connectivity index (χ0) is 56.8. The van der Waals surface area contributed by atoms with Gasteiger partial charge in [0.1, 0.15) is 24.4 Å². The molecule has 0 bridgehead atoms. The smallest absolute Gasteiger partial charge is 0.306 e. The predicted molar refractivity (Wildman–Crippen MR) is 324 cm³/mol. The van der Waals surface area contributed by atoms with Crippen LogP contribution in [0.1, 0.15) is 265 Å². The van der Waals surface area contributed by atoms with Gasteiger partial charge < -0.3 is 45.1 Å². The number of aliphatic hydroxyl groups excluding tert-OH is 5. The molecule has 0 aromatic carbocycles. The van der Waals surface area contributed by atoms with E-state index in [0.717, 1.165) is 83.5 Å². The van der Waals surface area contributed by atoms with Crippen molar-refractivity contribution in [3.05, 3.63) is 85.1 Å². The Morgan fingerprint density at radius 1 is 0.500 bits per heavy atom. The predicted octanol–water partition coefficient (Wildman–Crippen LogP) is 15.3. The summed E-state index contributed by atoms with van der Waals surface area (Å²) in [6.45, 7) is 5.70. The van der Waals surface area contributed by atoms with Crippen LogP contribution in [0.2, 0.25) is 0 Å². The van der Waals surface area contributed by atoms with Crippen LogP contribution in [0.25, 0.3) is 0 Å². The molecule has 1 aliphatic rings. The quantitative estimate of drug-likeness (QED) is 0.0195. The van der Waals surface area contributed by atoms with Gasteiger partial charge in [0, 0.05) is 12.8 Å². The van der Waals surface area contributed by atoms with Gasteiger partial charge >= 0.3 is 5.97 Å². The molecule has 1 fully saturated rings. The maximum atomic E-state index is 13.3. The molecule has 1 saturated heterocycles. The van der Waals surface area contributed by atoms with Gasteiger partial charge in [0.2, 0.25) is 5.91 Å². The molecule has 0 aromatic heterocycles. The Balaban J connectivity index is 2.63. The van der Waals surface area contributed by atoms with Crippen molar-refractivity contribution < 1.29 is 49.3 Å². The van der Waals surface area contributed by atoms with E-state index >= 15 is 0 Å². The lowest BCUT2D eigenvalue weighted by atomic mass is 9.99. The van der Waals surface area contributed by atoms with E-state index in [-0.39, 0.29) is 19.4 Å². The number of rotatable bonds is 53. The van der Waals surface area contributed by atoms with Crippen molar-refractivity contribution in [1.82, 2.24) is 5.32 Å². The van der Waals surface area contributed by atoms with Crippen molar-refractivity contribution in [3.63, 3.8) is 0 Å². The zero-order valence-corrected chi connectivity index (χ0v) is 49.8. The van der Waals surface area contributed by atoms with Crippen LogP contribution >= 0.6 is 0 Å². The molecule has 450 valence electrons. The normalized spacial score (nSPS) is 19.5. The topological polar surface area (TPSA) is 175 Å². The van der Waals surface area contributed by atoms with Gasteiger partial charge in [0.15, 0.2) is 12.4 Å². The number of unbranched alkanes of at least 4 members (excludes halogenated alkanes) is 28. The SMILES string of the molecule is CCCCC/C=C\C/C=C\C/C=C\C/C=C\CCCCCCCCCCCC(=O)OC1C(OCC(NC(=O)C(O)C/C=C/C/C=C\CCCCCCCC)C(O)/C=C/CCCCCCCCCCCC)OC(CO)C(O)C1O. The van der Waals surface area contributed by atoms with E-state index in [1.165, 1.54) is 135 Å². The Bertz CT molecular complexity index is 1590. The summed E-state index contributed by atoms with van der Waals surface area (Å²) in [7, 11) is 0. The molecule has 1 amide bonds. The number of ether oxygens (including phenoxy) is 3. The van der Waals surface area contributed by atoms with Crippen molar-refractivity contribution in [2.45, 2.75) is 314 Å². The van der Waals surface area contributed by atoms with E-state index < -0.39 is 67.4 Å². The summed E-state index contributed by atoms with van der Waals surface area (Å²) >= 11 is 0. The molecule has 1 rings (SSSR count). The van der Waals surface area contributed by atoms with Gasteiger partial charge in [-0.15, -0.1) is 0 Å². The van der Waals surface area contributed by atoms with E-state index in [1.807, 2.05) is 12.2 Å². The number of nitrogens with one attached hydrogen (secondary N) is 1. The first-order chi connectivity index (χ1) is 38.2. The fourth-order valence-corrected chi connectivity index (χ4v) is 9.44. The van der Waals surface area contributed by atoms with Crippen LogP contribution in [0.4, 0.5) is 0 Å². The minimum absolute atomic E-state index is 0.0790. The van der Waals surface area contributed by atoms with Crippen molar-refractivity contribution >= 4 is 11.9 Å². The molecule has 1 aliphatic heterocycles. The van der Waals surface area contributed by atoms with Crippen LogP contribution in [0.3, 0.4) is 0 Å². The average molecular weight is 1100 g/mol. The van der Waals surface area contributed by atoms with Crippen LogP contribution in [0.5, 0.6) is 0 Å². The second-order valence-corrected chi connectivity index (χ2v) is 21.8. The monoisotopic (exact) mass is 1100 g/mol. The van der Waals surface area contributed by atoms with Crippen molar-refractivity contribution in [2.75, 3.05) is 13.2 Å². The molecule has 0 radical (unpaired) electrons. The molecule has 8 atom stereocenters. The summed E-state index contributed by atoms with van der Waals surface area (Å²) in [5.74, 6) is -1.27. The first-order valence-corrected chi connectivity index (χ1v) is 31.9. The van der Waals surface area contributed by atoms with Crippen LogP contribution in [0, 0.1) is 0 Å². The van der Waals surface area contributed by atoms with Gasteiger partial charge in [-0.2, -0.15) is 0 Å². The third kappa shape index (κ3) is 41.8. The number of carbonyl (C=O) groups excluding carboxylic acids is 2. The highest BCUT2D eigenvalue weighted by atomic mass is 16.7. The van der Waals surface area contributed by atoms with Crippen molar-refractivity contribution in [2.24, 2.45) is 0 Å². The third-order valence-corrected chi connectivity index (χ3v) is 14.5. The lowest BCUT2D eigenvalue weighted by Crippen LogP contribution is -2.61. The Hall–Kier alpha value is -3.16. The number of hydrogen-bond acceptors (Lipinski definition) is 10. The highest BCUT2D eigenvalue weighted by Crippen LogP contribution is 2.26. The van der Waals surface area contributed by atoms with Gasteiger partial charge in [0.25, 0.3) is 0 Å². The molecule has 11 nitrogen and oxygen atoms in total. The number of carbonyl (C=O) groups is 2. The van der Waals surface area contributed by atoms with E-state index in [9.17, 15) is 35.1 Å². The summed E-state index contributed by atoms with van der Waals surface area (Å²) in [6, 6.07) is -1.06. The average Bonchev–Trinajstić information content (AvgIpc) is 3.44. The Morgan fingerprint density at radius 3 is 1.35 bits per heavy atom. The number of hydrogen-bond donors (Lipinski definition) is 6. The van der Waals surface area contributed by atoms with E-state index in [2.05, 4.69) is 86.8 Å². The zero-order valence-electron chi connectivity index (χ0n) is 49.8. The second-order valence-electron chi connectivity index (χ2n) is 21.8. The highest BCUT2D eigenvalue weighted by molar-refractivity contribution is 5.81. The number of aliphatic hydroxyl groups is 5. The van der Waals surface area contributed by atoms with Crippen LogP contribution in [0.15, 0.2) is 85.1 Å². The van der Waals surface area contributed by atoms with E-state index in [0.29, 0.717) is 12.8 Å². The van der Waals surface area contributed by atoms with E-state index in [4.69, 9.17) is 14.2 Å². The van der Waals surface area contributed by atoms with Gasteiger partial charge in [-0.1, -0.05) is 254 Å². The molecule has 6 N–H and O–H groups in total. The van der Waals surface area contributed by atoms with Crippen molar-refractivity contribution in [3.8, 4) is 0 Å². The largest absolute Gasteiger partial charge is 0.454 e.